The van der Waals surface area contributed by atoms with Crippen molar-refractivity contribution < 1.29 is 18.3 Å². The first-order valence-electron chi connectivity index (χ1n) is 9.73. The summed E-state index contributed by atoms with van der Waals surface area (Å²) < 4.78 is 27.6. The van der Waals surface area contributed by atoms with Crippen molar-refractivity contribution in [3.63, 3.8) is 0 Å². The number of aliphatic hydroxyl groups excluding tert-OH is 1. The summed E-state index contributed by atoms with van der Waals surface area (Å²) in [5, 5.41) is 14.0. The molecule has 0 unspecified atom stereocenters. The molecule has 0 rings (SSSR count). The van der Waals surface area contributed by atoms with Crippen LogP contribution < -0.4 is 5.14 Å². The zero-order valence-corrected chi connectivity index (χ0v) is 17.7. The van der Waals surface area contributed by atoms with Crippen LogP contribution in [0.25, 0.3) is 0 Å². The van der Waals surface area contributed by atoms with Gasteiger partial charge in [-0.3, -0.25) is 0 Å². The topological polar surface area (TPSA) is 89.6 Å². The van der Waals surface area contributed by atoms with Crippen LogP contribution in [0, 0.1) is 5.41 Å². The van der Waals surface area contributed by atoms with Crippen LogP contribution in [-0.4, -0.2) is 38.1 Å². The molecule has 0 aliphatic carbocycles. The molecule has 0 atom stereocenters. The lowest BCUT2D eigenvalue weighted by molar-refractivity contribution is 0.122. The van der Waals surface area contributed by atoms with Gasteiger partial charge in [-0.1, -0.05) is 33.1 Å². The second-order valence-electron chi connectivity index (χ2n) is 8.53. The Kier molecular flexibility index (Phi) is 12.2. The molecule has 0 spiro atoms. The molecule has 0 radical (unpaired) electrons. The van der Waals surface area contributed by atoms with Crippen molar-refractivity contribution >= 4 is 10.0 Å². The van der Waals surface area contributed by atoms with E-state index in [0.29, 0.717) is 25.0 Å². The number of hydrogen-bond acceptors (Lipinski definition) is 4. The van der Waals surface area contributed by atoms with Crippen LogP contribution in [0.2, 0.25) is 0 Å². The van der Waals surface area contributed by atoms with E-state index in [2.05, 4.69) is 13.8 Å². The number of hydrogen-bond donors (Lipinski definition) is 2. The summed E-state index contributed by atoms with van der Waals surface area (Å²) in [5.41, 5.74) is 0.370. The minimum Gasteiger partial charge on any atom is -0.396 e. The minimum absolute atomic E-state index is 0.303. The van der Waals surface area contributed by atoms with E-state index < -0.39 is 14.8 Å². The Morgan fingerprint density at radius 3 is 1.76 bits per heavy atom. The molecule has 5 nitrogen and oxygen atoms in total. The van der Waals surface area contributed by atoms with Crippen LogP contribution in [0.4, 0.5) is 0 Å². The quantitative estimate of drug-likeness (QED) is 0.397. The average Bonchev–Trinajstić information content (AvgIpc) is 2.48. The maximum absolute atomic E-state index is 11.4. The maximum atomic E-state index is 11.4. The first-order valence-corrected chi connectivity index (χ1v) is 11.3. The SMILES string of the molecule is CC(C)(CCCCCO)CCCCOCCCCC(C)(C)S(N)(=O)=O. The van der Waals surface area contributed by atoms with Crippen LogP contribution in [0.1, 0.15) is 91.9 Å². The molecule has 0 heterocycles. The number of ether oxygens (including phenoxy) is 1. The van der Waals surface area contributed by atoms with Gasteiger partial charge < -0.3 is 9.84 Å². The van der Waals surface area contributed by atoms with Gasteiger partial charge >= 0.3 is 0 Å². The largest absolute Gasteiger partial charge is 0.396 e. The zero-order chi connectivity index (χ0) is 19.4. The molecule has 0 aromatic carbocycles. The lowest BCUT2D eigenvalue weighted by Gasteiger charge is -2.24. The van der Waals surface area contributed by atoms with E-state index in [9.17, 15) is 8.42 Å². The van der Waals surface area contributed by atoms with Crippen LogP contribution in [0.15, 0.2) is 0 Å². The van der Waals surface area contributed by atoms with Gasteiger partial charge in [-0.05, 0) is 64.2 Å². The molecule has 0 saturated carbocycles. The molecule has 0 bridgehead atoms. The average molecular weight is 380 g/mol. The highest BCUT2D eigenvalue weighted by Crippen LogP contribution is 2.29. The number of nitrogens with two attached hydrogens (primary N) is 1. The lowest BCUT2D eigenvalue weighted by atomic mass is 9.82. The molecule has 0 fully saturated rings. The van der Waals surface area contributed by atoms with Gasteiger partial charge in [0.15, 0.2) is 0 Å². The number of rotatable bonds is 16. The molecule has 0 saturated heterocycles. The summed E-state index contributed by atoms with van der Waals surface area (Å²) in [7, 11) is -3.48. The number of primary sulfonamides is 1. The highest BCUT2D eigenvalue weighted by Gasteiger charge is 2.30. The van der Waals surface area contributed by atoms with E-state index in [0.717, 1.165) is 38.7 Å². The van der Waals surface area contributed by atoms with Crippen molar-refractivity contribution in [1.29, 1.82) is 0 Å². The fourth-order valence-corrected chi connectivity index (χ4v) is 3.25. The van der Waals surface area contributed by atoms with Gasteiger partial charge in [0, 0.05) is 19.8 Å². The molecule has 0 aromatic heterocycles. The Hall–Kier alpha value is -0.170. The summed E-state index contributed by atoms with van der Waals surface area (Å²) in [4.78, 5) is 0. The molecule has 3 N–H and O–H groups in total. The molecular formula is C19H41NO4S. The molecular weight excluding hydrogens is 338 g/mol. The highest BCUT2D eigenvalue weighted by atomic mass is 32.2. The minimum atomic E-state index is -3.48. The van der Waals surface area contributed by atoms with Crippen molar-refractivity contribution in [2.45, 2.75) is 96.7 Å². The Balaban J connectivity index is 3.58. The number of unbranched alkanes of at least 4 members (excludes halogenated alkanes) is 4. The summed E-state index contributed by atoms with van der Waals surface area (Å²) in [5.74, 6) is 0. The van der Waals surface area contributed by atoms with Gasteiger partial charge in [0.2, 0.25) is 10.0 Å². The third-order valence-corrected chi connectivity index (χ3v) is 6.74. The van der Waals surface area contributed by atoms with Crippen LogP contribution in [-0.2, 0) is 14.8 Å². The molecule has 0 aliphatic heterocycles. The smallest absolute Gasteiger partial charge is 0.214 e. The lowest BCUT2D eigenvalue weighted by Crippen LogP contribution is -2.37. The van der Waals surface area contributed by atoms with Gasteiger partial charge in [0.05, 0.1) is 4.75 Å². The summed E-state index contributed by atoms with van der Waals surface area (Å²) in [6, 6.07) is 0. The van der Waals surface area contributed by atoms with E-state index in [1.807, 2.05) is 0 Å². The van der Waals surface area contributed by atoms with Crippen molar-refractivity contribution in [1.82, 2.24) is 0 Å². The van der Waals surface area contributed by atoms with Crippen molar-refractivity contribution in [2.24, 2.45) is 10.6 Å². The predicted octanol–water partition coefficient (Wildman–Crippen LogP) is 3.99. The van der Waals surface area contributed by atoms with Crippen LogP contribution in [0.5, 0.6) is 0 Å². The number of sulfonamides is 1. The molecule has 0 aromatic rings. The molecule has 0 amide bonds. The third kappa shape index (κ3) is 12.8. The first-order chi connectivity index (χ1) is 11.5. The summed E-state index contributed by atoms with van der Waals surface area (Å²) in [6.45, 7) is 9.76. The van der Waals surface area contributed by atoms with Gasteiger partial charge in [0.25, 0.3) is 0 Å². The van der Waals surface area contributed by atoms with Crippen molar-refractivity contribution in [3.05, 3.63) is 0 Å². The van der Waals surface area contributed by atoms with E-state index in [1.54, 1.807) is 13.8 Å². The molecule has 152 valence electrons. The molecule has 25 heavy (non-hydrogen) atoms. The van der Waals surface area contributed by atoms with Crippen molar-refractivity contribution in [3.8, 4) is 0 Å². The predicted molar refractivity (Wildman–Crippen MR) is 105 cm³/mol. The second kappa shape index (κ2) is 12.3. The van der Waals surface area contributed by atoms with E-state index in [1.165, 1.54) is 25.7 Å². The van der Waals surface area contributed by atoms with E-state index >= 15 is 0 Å². The Labute approximate surface area is 155 Å². The fourth-order valence-electron chi connectivity index (χ4n) is 2.82. The summed E-state index contributed by atoms with van der Waals surface area (Å²) in [6.07, 6.45) is 10.1. The Morgan fingerprint density at radius 1 is 0.800 bits per heavy atom. The summed E-state index contributed by atoms with van der Waals surface area (Å²) >= 11 is 0. The van der Waals surface area contributed by atoms with Gasteiger partial charge in [-0.2, -0.15) is 0 Å². The zero-order valence-electron chi connectivity index (χ0n) is 16.8. The standard InChI is InChI=1S/C19H41NO4S/c1-18(2,12-6-5-9-15-21)13-7-10-16-24-17-11-8-14-19(3,4)25(20,22)23/h21H,5-17H2,1-4H3,(H2,20,22,23). The van der Waals surface area contributed by atoms with Gasteiger partial charge in [-0.25, -0.2) is 13.6 Å². The highest BCUT2D eigenvalue weighted by molar-refractivity contribution is 7.90. The van der Waals surface area contributed by atoms with Crippen LogP contribution >= 0.6 is 0 Å². The van der Waals surface area contributed by atoms with Gasteiger partial charge in [0.1, 0.15) is 0 Å². The van der Waals surface area contributed by atoms with Gasteiger partial charge in [-0.15, -0.1) is 0 Å². The van der Waals surface area contributed by atoms with E-state index in [-0.39, 0.29) is 0 Å². The normalized spacial score (nSPS) is 13.4. The van der Waals surface area contributed by atoms with Crippen molar-refractivity contribution in [2.75, 3.05) is 19.8 Å². The third-order valence-electron chi connectivity index (χ3n) is 4.99. The number of aliphatic hydroxyl groups is 1. The first kappa shape index (κ1) is 24.8. The Morgan fingerprint density at radius 2 is 1.28 bits per heavy atom. The second-order valence-corrected chi connectivity index (χ2v) is 10.7. The van der Waals surface area contributed by atoms with Crippen LogP contribution in [0.3, 0.4) is 0 Å². The molecule has 6 heteroatoms. The Bertz CT molecular complexity index is 433. The molecule has 0 aliphatic rings. The van der Waals surface area contributed by atoms with E-state index in [4.69, 9.17) is 15.0 Å². The maximum Gasteiger partial charge on any atom is 0.214 e. The monoisotopic (exact) mass is 379 g/mol. The fraction of sp³-hybridized carbons (Fsp3) is 1.00.